The van der Waals surface area contributed by atoms with Gasteiger partial charge in [0.15, 0.2) is 6.29 Å². The zero-order chi connectivity index (χ0) is 68.9. The van der Waals surface area contributed by atoms with Gasteiger partial charge in [-0.1, -0.05) is 209 Å². The largest absolute Gasteiger partial charge is 0.377 e. The lowest BCUT2D eigenvalue weighted by atomic mass is 9.99. The summed E-state index contributed by atoms with van der Waals surface area (Å²) < 4.78 is 31.3. The van der Waals surface area contributed by atoms with E-state index in [1.54, 1.807) is 0 Å². The number of hydrogen-bond acceptors (Lipinski definition) is 7. The van der Waals surface area contributed by atoms with Gasteiger partial charge in [-0.25, -0.2) is 0 Å². The average molecular weight is 1330 g/mol. The molecule has 9 heteroatoms. The van der Waals surface area contributed by atoms with E-state index in [9.17, 15) is 0 Å². The first-order valence-electron chi connectivity index (χ1n) is 36.9. The number of unbranched alkanes of at least 4 members (excludes halogenated alkanes) is 9. The fourth-order valence-electron chi connectivity index (χ4n) is 14.3. The summed E-state index contributed by atoms with van der Waals surface area (Å²) in [5.41, 5.74) is 26.7. The second-order valence-electron chi connectivity index (χ2n) is 28.8. The Morgan fingerprint density at radius 3 is 1.05 bits per heavy atom. The van der Waals surface area contributed by atoms with Gasteiger partial charge in [-0.3, -0.25) is 9.97 Å². The summed E-state index contributed by atoms with van der Waals surface area (Å²) in [6.07, 6.45) is 20.8. The Morgan fingerprint density at radius 1 is 0.385 bits per heavy atom. The highest BCUT2D eigenvalue weighted by atomic mass is 28.3. The monoisotopic (exact) mass is 1320 g/mol. The van der Waals surface area contributed by atoms with Crippen LogP contribution in [0.4, 0.5) is 0 Å². The van der Waals surface area contributed by atoms with Crippen molar-refractivity contribution in [3.8, 4) is 80.3 Å². The van der Waals surface area contributed by atoms with Crippen molar-refractivity contribution in [2.45, 2.75) is 266 Å². The summed E-state index contributed by atoms with van der Waals surface area (Å²) in [7, 11) is -3.94. The maximum atomic E-state index is 6.40. The van der Waals surface area contributed by atoms with Crippen LogP contribution in [0.3, 0.4) is 0 Å². The number of nitrogens with zero attached hydrogens (tertiary/aromatic N) is 2. The van der Waals surface area contributed by atoms with Crippen LogP contribution in [-0.2, 0) is 50.1 Å². The Morgan fingerprint density at radius 2 is 0.729 bits per heavy atom. The van der Waals surface area contributed by atoms with Gasteiger partial charge in [-0.15, -0.1) is 11.1 Å². The van der Waals surface area contributed by atoms with Gasteiger partial charge < -0.3 is 23.7 Å². The van der Waals surface area contributed by atoms with E-state index >= 15 is 0 Å². The molecular formula is C87H116N2O5Si2. The highest BCUT2D eigenvalue weighted by molar-refractivity contribution is 6.91. The van der Waals surface area contributed by atoms with E-state index in [4.69, 9.17) is 33.7 Å². The molecule has 0 saturated carbocycles. The fourth-order valence-corrected chi connectivity index (χ4v) is 24.8. The SMILES string of the molecule is CCCCCCOCc1cc(C#Cc2cc(COCCCCCC)cc(-c3ccc(-c4ccc(-c5cc(C#Cc6cc(C#C[Si](C(C)C)(C(C)C)C(C)C)cc(COCCCCCC)c6)cc(COC6CCCCO6)c5)cn4)nc3)c2)cc(C#C[Si](C(C)C)(C(C)C)C(C)C)c1. The van der Waals surface area contributed by atoms with Gasteiger partial charge in [0.05, 0.1) is 37.8 Å². The van der Waals surface area contributed by atoms with Crippen LogP contribution in [0.15, 0.2) is 109 Å². The van der Waals surface area contributed by atoms with E-state index < -0.39 is 16.1 Å². The van der Waals surface area contributed by atoms with E-state index in [2.05, 4.69) is 248 Å². The van der Waals surface area contributed by atoms with Crippen LogP contribution in [0, 0.1) is 46.6 Å². The molecular weight excluding hydrogens is 1210 g/mol. The van der Waals surface area contributed by atoms with Crippen LogP contribution in [0.2, 0.25) is 33.2 Å². The van der Waals surface area contributed by atoms with Crippen LogP contribution < -0.4 is 0 Å². The predicted octanol–water partition coefficient (Wildman–Crippen LogP) is 22.8. The molecule has 1 atom stereocenters. The molecule has 6 aromatic rings. The summed E-state index contributed by atoms with van der Waals surface area (Å²) in [6, 6.07) is 34.6. The molecule has 0 aliphatic carbocycles. The Kier molecular flexibility index (Phi) is 32.0. The van der Waals surface area contributed by atoms with Crippen molar-refractivity contribution in [1.82, 2.24) is 9.97 Å². The lowest BCUT2D eigenvalue weighted by Crippen LogP contribution is -2.43. The Bertz CT molecular complexity index is 3580. The third-order valence-electron chi connectivity index (χ3n) is 19.5. The molecule has 0 radical (unpaired) electrons. The molecule has 7 rings (SSSR count). The molecule has 3 heterocycles. The minimum Gasteiger partial charge on any atom is -0.377 e. The Labute approximate surface area is 584 Å². The fraction of sp³-hybridized carbons (Fsp3) is 0.517. The molecule has 0 N–H and O–H groups in total. The molecule has 0 bridgehead atoms. The third-order valence-corrected chi connectivity index (χ3v) is 32.1. The van der Waals surface area contributed by atoms with Crippen LogP contribution >= 0.6 is 0 Å². The summed E-state index contributed by atoms with van der Waals surface area (Å²) in [5, 5.41) is 0. The van der Waals surface area contributed by atoms with Gasteiger partial charge in [-0.05, 0) is 190 Å². The zero-order valence-corrected chi connectivity index (χ0v) is 63.6. The lowest BCUT2D eigenvalue weighted by Gasteiger charge is -2.38. The summed E-state index contributed by atoms with van der Waals surface area (Å²) in [4.78, 5) is 10.1. The van der Waals surface area contributed by atoms with E-state index in [-0.39, 0.29) is 6.29 Å². The highest BCUT2D eigenvalue weighted by Gasteiger charge is 2.43. The molecule has 1 aliphatic rings. The minimum atomic E-state index is -1.97. The lowest BCUT2D eigenvalue weighted by molar-refractivity contribution is -0.168. The van der Waals surface area contributed by atoms with Crippen molar-refractivity contribution in [1.29, 1.82) is 0 Å². The van der Waals surface area contributed by atoms with Crippen molar-refractivity contribution in [2.75, 3.05) is 26.4 Å². The third kappa shape index (κ3) is 23.1. The molecule has 7 nitrogen and oxygen atoms in total. The molecule has 1 saturated heterocycles. The first kappa shape index (κ1) is 77.0. The maximum Gasteiger partial charge on any atom is 0.158 e. The smallest absolute Gasteiger partial charge is 0.158 e. The summed E-state index contributed by atoms with van der Waals surface area (Å²) in [5.74, 6) is 21.8. The number of pyridine rings is 2. The summed E-state index contributed by atoms with van der Waals surface area (Å²) >= 11 is 0. The highest BCUT2D eigenvalue weighted by Crippen LogP contribution is 2.42. The molecule has 4 aromatic carbocycles. The van der Waals surface area contributed by atoms with Crippen LogP contribution in [0.25, 0.3) is 33.6 Å². The number of aromatic nitrogens is 2. The van der Waals surface area contributed by atoms with Gasteiger partial charge >= 0.3 is 0 Å². The van der Waals surface area contributed by atoms with Crippen LogP contribution in [0.5, 0.6) is 0 Å². The van der Waals surface area contributed by atoms with Gasteiger partial charge in [0, 0.05) is 83.3 Å². The van der Waals surface area contributed by atoms with E-state index in [0.29, 0.717) is 59.7 Å². The van der Waals surface area contributed by atoms with Gasteiger partial charge in [-0.2, -0.15) is 0 Å². The normalized spacial score (nSPS) is 13.4. The number of ether oxygens (including phenoxy) is 5. The molecule has 1 fully saturated rings. The second-order valence-corrected chi connectivity index (χ2v) is 39.9. The maximum absolute atomic E-state index is 6.40. The number of hydrogen-bond donors (Lipinski definition) is 0. The molecule has 1 unspecified atom stereocenters. The van der Waals surface area contributed by atoms with Crippen molar-refractivity contribution in [3.63, 3.8) is 0 Å². The molecule has 96 heavy (non-hydrogen) atoms. The molecule has 0 amide bonds. The van der Waals surface area contributed by atoms with Gasteiger partial charge in [0.25, 0.3) is 0 Å². The Balaban J connectivity index is 1.19. The van der Waals surface area contributed by atoms with E-state index in [0.717, 1.165) is 154 Å². The van der Waals surface area contributed by atoms with Gasteiger partial charge in [0.1, 0.15) is 16.1 Å². The number of rotatable bonds is 33. The van der Waals surface area contributed by atoms with Crippen molar-refractivity contribution < 1.29 is 23.7 Å². The average Bonchev–Trinajstić information content (AvgIpc) is 0.834. The Hall–Kier alpha value is -6.35. The topological polar surface area (TPSA) is 71.9 Å². The summed E-state index contributed by atoms with van der Waals surface area (Å²) in [6.45, 7) is 40.1. The predicted molar refractivity (Wildman–Crippen MR) is 409 cm³/mol. The standard InChI is InChI=1S/C87H116N2O5Si2/c1-16-19-22-26-41-90-61-77-49-71(47-75(53-77)39-45-95(65(4)5,66(6)7)67(8)9)31-33-73-51-79(63-92-43-28-24-21-18-3)57-83(55-73)81-35-37-85(88-59-81)86-38-36-82(60-89-86)84-56-74(52-80(58-84)64-94-87-30-25-29-44-93-87)34-32-72-48-76(40-46-96(68(10)11,69(12)13)70(14)15)54-78(50-72)62-91-42-27-23-20-17-2/h35-38,47-60,65-70,87H,16-30,41-44,61-64H2,1-15H3. The van der Waals surface area contributed by atoms with Crippen molar-refractivity contribution >= 4 is 16.1 Å². The second kappa shape index (κ2) is 39.9. The molecule has 0 spiro atoms. The zero-order valence-electron chi connectivity index (χ0n) is 61.6. The number of benzene rings is 4. The van der Waals surface area contributed by atoms with E-state index in [1.807, 2.05) is 12.4 Å². The van der Waals surface area contributed by atoms with Gasteiger partial charge in [0.2, 0.25) is 0 Å². The quantitative estimate of drug-likeness (QED) is 0.0231. The van der Waals surface area contributed by atoms with E-state index in [1.165, 1.54) is 57.8 Å². The molecule has 512 valence electrons. The van der Waals surface area contributed by atoms with Crippen LogP contribution in [0.1, 0.15) is 256 Å². The molecule has 2 aromatic heterocycles. The van der Waals surface area contributed by atoms with Crippen molar-refractivity contribution in [3.05, 3.63) is 165 Å². The minimum absolute atomic E-state index is 0.217. The first-order chi connectivity index (χ1) is 46.4. The van der Waals surface area contributed by atoms with Crippen molar-refractivity contribution in [2.24, 2.45) is 0 Å². The first-order valence-corrected chi connectivity index (χ1v) is 41.4. The molecule has 1 aliphatic heterocycles. The van der Waals surface area contributed by atoms with Crippen LogP contribution in [-0.4, -0.2) is 58.8 Å².